The minimum absolute atomic E-state index is 0.0555. The van der Waals surface area contributed by atoms with E-state index in [1.54, 1.807) is 31.2 Å². The molecule has 0 aromatic heterocycles. The largest absolute Gasteiger partial charge is 0.416 e. The van der Waals surface area contributed by atoms with Crippen LogP contribution in [0.3, 0.4) is 0 Å². The minimum Gasteiger partial charge on any atom is -0.380 e. The smallest absolute Gasteiger partial charge is 0.380 e. The Balaban J connectivity index is 1.88. The van der Waals surface area contributed by atoms with Crippen LogP contribution in [0.25, 0.3) is 0 Å². The van der Waals surface area contributed by atoms with Gasteiger partial charge in [-0.2, -0.15) is 13.2 Å². The van der Waals surface area contributed by atoms with Gasteiger partial charge in [-0.3, -0.25) is 4.31 Å². The van der Waals surface area contributed by atoms with E-state index in [2.05, 4.69) is 5.32 Å². The van der Waals surface area contributed by atoms with E-state index in [0.29, 0.717) is 23.3 Å². The molecular formula is C22H20ClF3N2O2S. The van der Waals surface area contributed by atoms with Gasteiger partial charge in [0.2, 0.25) is 0 Å². The van der Waals surface area contributed by atoms with Crippen molar-refractivity contribution in [1.29, 1.82) is 0 Å². The van der Waals surface area contributed by atoms with E-state index in [0.717, 1.165) is 33.8 Å². The molecule has 0 unspecified atom stereocenters. The van der Waals surface area contributed by atoms with Crippen molar-refractivity contribution in [1.82, 2.24) is 0 Å². The first-order valence-corrected chi connectivity index (χ1v) is 11.2. The molecule has 0 amide bonds. The number of nitrogens with one attached hydrogen (secondary N) is 1. The van der Waals surface area contributed by atoms with Crippen molar-refractivity contribution in [2.45, 2.75) is 24.5 Å². The fourth-order valence-electron chi connectivity index (χ4n) is 3.07. The average Bonchev–Trinajstić information content (AvgIpc) is 2.73. The molecule has 4 nitrogen and oxygen atoms in total. The molecule has 0 saturated carbocycles. The Morgan fingerprint density at radius 2 is 1.68 bits per heavy atom. The van der Waals surface area contributed by atoms with Crippen LogP contribution < -0.4 is 9.62 Å². The van der Waals surface area contributed by atoms with Gasteiger partial charge in [0.25, 0.3) is 10.0 Å². The first kappa shape index (κ1) is 23.0. The Morgan fingerprint density at radius 3 is 2.35 bits per heavy atom. The standard InChI is InChI=1S/C22H20ClF3N2O2S/c1-2-28(31(29,30)19-10-6-8-17(14-19)22(24,25)26)18-9-5-7-16(13-18)15-27-21-12-4-3-11-20(21)23/h3-14,27H,2,15H2,1H3. The lowest BCUT2D eigenvalue weighted by Crippen LogP contribution is -2.31. The van der Waals surface area contributed by atoms with E-state index < -0.39 is 26.7 Å². The number of nitrogens with zero attached hydrogens (tertiary/aromatic N) is 1. The summed E-state index contributed by atoms with van der Waals surface area (Å²) in [4.78, 5) is -0.413. The van der Waals surface area contributed by atoms with Crippen molar-refractivity contribution < 1.29 is 21.6 Å². The van der Waals surface area contributed by atoms with Crippen molar-refractivity contribution in [3.8, 4) is 0 Å². The zero-order chi connectivity index (χ0) is 22.6. The third kappa shape index (κ3) is 5.32. The molecule has 0 aliphatic carbocycles. The maximum Gasteiger partial charge on any atom is 0.416 e. The van der Waals surface area contributed by atoms with Crippen LogP contribution in [0.1, 0.15) is 18.1 Å². The van der Waals surface area contributed by atoms with E-state index in [9.17, 15) is 21.6 Å². The van der Waals surface area contributed by atoms with Gasteiger partial charge in [0, 0.05) is 13.1 Å². The zero-order valence-corrected chi connectivity index (χ0v) is 18.1. The topological polar surface area (TPSA) is 49.4 Å². The SMILES string of the molecule is CCN(c1cccc(CNc2ccccc2Cl)c1)S(=O)(=O)c1cccc(C(F)(F)F)c1. The second-order valence-corrected chi connectivity index (χ2v) is 8.97. The highest BCUT2D eigenvalue weighted by Gasteiger charge is 2.33. The van der Waals surface area contributed by atoms with E-state index in [4.69, 9.17) is 11.6 Å². The van der Waals surface area contributed by atoms with Gasteiger partial charge >= 0.3 is 6.18 Å². The fraction of sp³-hybridized carbons (Fsp3) is 0.182. The maximum atomic E-state index is 13.1. The zero-order valence-electron chi connectivity index (χ0n) is 16.5. The number of hydrogen-bond donors (Lipinski definition) is 1. The van der Waals surface area contributed by atoms with E-state index >= 15 is 0 Å². The van der Waals surface area contributed by atoms with Crippen LogP contribution in [-0.4, -0.2) is 15.0 Å². The first-order valence-electron chi connectivity index (χ1n) is 9.40. The lowest BCUT2D eigenvalue weighted by Gasteiger charge is -2.24. The molecule has 9 heteroatoms. The van der Waals surface area contributed by atoms with Gasteiger partial charge in [-0.25, -0.2) is 8.42 Å². The third-order valence-corrected chi connectivity index (χ3v) is 6.82. The predicted octanol–water partition coefficient (Wildman–Crippen LogP) is 6.19. The normalized spacial score (nSPS) is 11.9. The second-order valence-electron chi connectivity index (χ2n) is 6.70. The number of sulfonamides is 1. The summed E-state index contributed by atoms with van der Waals surface area (Å²) in [5, 5.41) is 3.74. The monoisotopic (exact) mass is 468 g/mol. The van der Waals surface area contributed by atoms with Crippen LogP contribution in [0.5, 0.6) is 0 Å². The molecule has 0 saturated heterocycles. The van der Waals surface area contributed by atoms with Crippen LogP contribution in [0.15, 0.2) is 77.7 Å². The molecule has 0 fully saturated rings. The Kier molecular flexibility index (Phi) is 6.81. The van der Waals surface area contributed by atoms with Gasteiger partial charge in [-0.05, 0) is 55.0 Å². The average molecular weight is 469 g/mol. The molecule has 0 aliphatic heterocycles. The number of halogens is 4. The predicted molar refractivity (Wildman–Crippen MR) is 117 cm³/mol. The van der Waals surface area contributed by atoms with Crippen LogP contribution in [-0.2, 0) is 22.7 Å². The summed E-state index contributed by atoms with van der Waals surface area (Å²) in [6.45, 7) is 2.07. The Hall–Kier alpha value is -2.71. The summed E-state index contributed by atoms with van der Waals surface area (Å²) in [7, 11) is -4.19. The second kappa shape index (κ2) is 9.20. The summed E-state index contributed by atoms with van der Waals surface area (Å²) >= 11 is 6.14. The van der Waals surface area contributed by atoms with Crippen LogP contribution >= 0.6 is 11.6 Å². The number of benzene rings is 3. The molecule has 164 valence electrons. The van der Waals surface area contributed by atoms with Crippen molar-refractivity contribution in [3.05, 3.63) is 88.9 Å². The van der Waals surface area contributed by atoms with Gasteiger partial charge in [-0.1, -0.05) is 41.9 Å². The fourth-order valence-corrected chi connectivity index (χ4v) is 4.79. The molecule has 0 bridgehead atoms. The molecule has 3 aromatic rings. The molecule has 0 heterocycles. The van der Waals surface area contributed by atoms with Crippen molar-refractivity contribution in [3.63, 3.8) is 0 Å². The van der Waals surface area contributed by atoms with Crippen LogP contribution in [0.2, 0.25) is 5.02 Å². The highest BCUT2D eigenvalue weighted by Crippen LogP contribution is 2.32. The Bertz CT molecular complexity index is 1170. The van der Waals surface area contributed by atoms with Gasteiger partial charge in [-0.15, -0.1) is 0 Å². The lowest BCUT2D eigenvalue weighted by molar-refractivity contribution is -0.137. The van der Waals surface area contributed by atoms with Crippen molar-refractivity contribution >= 4 is 33.0 Å². The molecule has 0 spiro atoms. The summed E-state index contributed by atoms with van der Waals surface area (Å²) in [5.41, 5.74) is 0.870. The Labute approximate surface area is 184 Å². The summed E-state index contributed by atoms with van der Waals surface area (Å²) in [6.07, 6.45) is -4.63. The molecule has 31 heavy (non-hydrogen) atoms. The lowest BCUT2D eigenvalue weighted by atomic mass is 10.2. The highest BCUT2D eigenvalue weighted by atomic mass is 35.5. The molecule has 0 radical (unpaired) electrons. The van der Waals surface area contributed by atoms with Gasteiger partial charge in [0.15, 0.2) is 0 Å². The number of para-hydroxylation sites is 1. The molecule has 0 aliphatic rings. The van der Waals surface area contributed by atoms with Crippen LogP contribution in [0, 0.1) is 0 Å². The van der Waals surface area contributed by atoms with Crippen molar-refractivity contribution in [2.75, 3.05) is 16.2 Å². The highest BCUT2D eigenvalue weighted by molar-refractivity contribution is 7.92. The molecular weight excluding hydrogens is 449 g/mol. The van der Waals surface area contributed by atoms with E-state index in [1.165, 1.54) is 0 Å². The van der Waals surface area contributed by atoms with Gasteiger partial charge in [0.05, 0.1) is 26.9 Å². The van der Waals surface area contributed by atoms with Gasteiger partial charge < -0.3 is 5.32 Å². The summed E-state index contributed by atoms with van der Waals surface area (Å²) < 4.78 is 66.4. The number of alkyl halides is 3. The molecule has 1 N–H and O–H groups in total. The molecule has 0 atom stereocenters. The van der Waals surface area contributed by atoms with E-state index in [1.807, 2.05) is 24.3 Å². The van der Waals surface area contributed by atoms with Crippen molar-refractivity contribution in [2.24, 2.45) is 0 Å². The third-order valence-electron chi connectivity index (χ3n) is 4.59. The van der Waals surface area contributed by atoms with Crippen LogP contribution in [0.4, 0.5) is 24.5 Å². The summed E-state index contributed by atoms with van der Waals surface area (Å²) in [5.74, 6) is 0. The maximum absolute atomic E-state index is 13.1. The number of anilines is 2. The number of rotatable bonds is 7. The summed E-state index contributed by atoms with van der Waals surface area (Å²) in [6, 6.07) is 17.8. The van der Waals surface area contributed by atoms with Gasteiger partial charge in [0.1, 0.15) is 0 Å². The number of hydrogen-bond acceptors (Lipinski definition) is 3. The molecule has 3 rings (SSSR count). The Morgan fingerprint density at radius 1 is 0.968 bits per heavy atom. The minimum atomic E-state index is -4.63. The molecule has 3 aromatic carbocycles. The first-order chi connectivity index (χ1) is 14.6. The quantitative estimate of drug-likeness (QED) is 0.450. The van der Waals surface area contributed by atoms with E-state index in [-0.39, 0.29) is 6.54 Å².